The minimum Gasteiger partial charge on any atom is -0.508 e. The van der Waals surface area contributed by atoms with Gasteiger partial charge in [-0.05, 0) is 49.8 Å². The lowest BCUT2D eigenvalue weighted by Gasteiger charge is -2.16. The van der Waals surface area contributed by atoms with Crippen molar-refractivity contribution in [1.29, 1.82) is 0 Å². The number of rotatable bonds is 3. The summed E-state index contributed by atoms with van der Waals surface area (Å²) in [6.07, 6.45) is 8.21. The summed E-state index contributed by atoms with van der Waals surface area (Å²) in [5, 5.41) is 24.7. The fourth-order valence-corrected chi connectivity index (χ4v) is 3.49. The van der Waals surface area contributed by atoms with Gasteiger partial charge in [-0.25, -0.2) is 4.79 Å². The van der Waals surface area contributed by atoms with E-state index >= 15 is 0 Å². The van der Waals surface area contributed by atoms with Gasteiger partial charge in [-0.2, -0.15) is 0 Å². The van der Waals surface area contributed by atoms with Gasteiger partial charge in [-0.1, -0.05) is 47.6 Å². The fraction of sp³-hybridized carbons (Fsp3) is 0.360. The third-order valence-corrected chi connectivity index (χ3v) is 5.08. The van der Waals surface area contributed by atoms with E-state index in [0.29, 0.717) is 25.0 Å². The van der Waals surface area contributed by atoms with E-state index in [2.05, 4.69) is 11.2 Å². The molecule has 2 aromatic rings. The number of phenols is 2. The highest BCUT2D eigenvalue weighted by atomic mass is 16.6. The number of ether oxygens (including phenoxy) is 1. The molecule has 2 N–H and O–H groups in total. The minimum atomic E-state index is -0.616. The Balaban J connectivity index is 1.87. The highest BCUT2D eigenvalue weighted by Crippen LogP contribution is 2.30. The highest BCUT2D eigenvalue weighted by molar-refractivity contribution is 5.97. The Labute approximate surface area is 182 Å². The topological polar surface area (TPSA) is 88.4 Å². The monoisotopic (exact) mass is 423 g/mol. The van der Waals surface area contributed by atoms with Gasteiger partial charge in [0.15, 0.2) is 0 Å². The molecule has 6 nitrogen and oxygen atoms in total. The molecule has 0 spiro atoms. The van der Waals surface area contributed by atoms with Gasteiger partial charge in [0.1, 0.15) is 29.8 Å². The molecule has 0 radical (unpaired) electrons. The number of allylic oxidation sites excluding steroid dienone is 1. The van der Waals surface area contributed by atoms with Crippen molar-refractivity contribution in [2.24, 2.45) is 5.16 Å². The number of carbonyl (C=O) groups is 1. The number of fused-ring (bicyclic) bond motifs is 1. The van der Waals surface area contributed by atoms with E-state index in [9.17, 15) is 15.0 Å². The van der Waals surface area contributed by atoms with Crippen molar-refractivity contribution in [2.75, 3.05) is 0 Å². The second-order valence-corrected chi connectivity index (χ2v) is 7.76. The third kappa shape index (κ3) is 6.88. The number of cyclic esters (lactones) is 1. The zero-order valence-electron chi connectivity index (χ0n) is 17.8. The Morgan fingerprint density at radius 1 is 1.13 bits per heavy atom. The normalized spacial score (nSPS) is 20.4. The van der Waals surface area contributed by atoms with Gasteiger partial charge in [0.05, 0.1) is 5.71 Å². The van der Waals surface area contributed by atoms with Crippen LogP contribution in [0, 0.1) is 0 Å². The van der Waals surface area contributed by atoms with Gasteiger partial charge in [-0.15, -0.1) is 0 Å². The lowest BCUT2D eigenvalue weighted by Crippen LogP contribution is -2.17. The second-order valence-electron chi connectivity index (χ2n) is 7.76. The van der Waals surface area contributed by atoms with Crippen LogP contribution in [0.5, 0.6) is 11.5 Å². The molecule has 1 heterocycles. The average Bonchev–Trinajstić information content (AvgIpc) is 2.72. The third-order valence-electron chi connectivity index (χ3n) is 5.08. The van der Waals surface area contributed by atoms with Crippen molar-refractivity contribution in [2.45, 2.75) is 58.2 Å². The SMILES string of the molecule is CC1C/C=C/CCCCC(=NOCc2ccccc2)Cc2cc(O)cc(O)c2C(=O)O1. The molecule has 0 fully saturated rings. The number of benzene rings is 2. The van der Waals surface area contributed by atoms with E-state index in [-0.39, 0.29) is 29.6 Å². The number of nitrogens with zero attached hydrogens (tertiary/aromatic N) is 1. The standard InChI is InChI=1S/C25H29NO5/c1-18-10-6-3-2-4-9-13-21(26-30-17-19-11-7-5-8-12-19)14-20-15-22(27)16-23(28)24(20)25(29)31-18/h3,5-8,11-12,15-16,18,27-28H,2,4,9-10,13-14,17H2,1H3/b6-3+,26-21?. The molecule has 0 bridgehead atoms. The number of phenolic OH excluding ortho intramolecular Hbond substituents is 2. The lowest BCUT2D eigenvalue weighted by molar-refractivity contribution is 0.0343. The first-order chi connectivity index (χ1) is 15.0. The molecule has 6 heteroatoms. The molecule has 0 amide bonds. The summed E-state index contributed by atoms with van der Waals surface area (Å²) in [6, 6.07) is 12.4. The average molecular weight is 424 g/mol. The van der Waals surface area contributed by atoms with Gasteiger partial charge < -0.3 is 19.8 Å². The van der Waals surface area contributed by atoms with Crippen LogP contribution >= 0.6 is 0 Å². The zero-order valence-corrected chi connectivity index (χ0v) is 17.8. The number of carbonyl (C=O) groups excluding carboxylic acids is 1. The number of hydrogen-bond donors (Lipinski definition) is 2. The van der Waals surface area contributed by atoms with Crippen molar-refractivity contribution in [3.8, 4) is 11.5 Å². The summed E-state index contributed by atoms with van der Waals surface area (Å²) < 4.78 is 5.51. The maximum atomic E-state index is 12.8. The first kappa shape index (κ1) is 22.4. The summed E-state index contributed by atoms with van der Waals surface area (Å²) in [5.74, 6) is -1.04. The van der Waals surface area contributed by atoms with E-state index in [1.807, 2.05) is 43.3 Å². The maximum Gasteiger partial charge on any atom is 0.342 e. The van der Waals surface area contributed by atoms with E-state index in [0.717, 1.165) is 36.6 Å². The van der Waals surface area contributed by atoms with Gasteiger partial charge in [0.2, 0.25) is 0 Å². The summed E-state index contributed by atoms with van der Waals surface area (Å²) in [5.41, 5.74) is 2.26. The van der Waals surface area contributed by atoms with Crippen LogP contribution in [-0.2, 0) is 22.6 Å². The quantitative estimate of drug-likeness (QED) is 0.398. The smallest absolute Gasteiger partial charge is 0.342 e. The first-order valence-corrected chi connectivity index (χ1v) is 10.7. The van der Waals surface area contributed by atoms with Crippen LogP contribution in [-0.4, -0.2) is 28.0 Å². The summed E-state index contributed by atoms with van der Waals surface area (Å²) >= 11 is 0. The molecular formula is C25H29NO5. The zero-order chi connectivity index (χ0) is 22.1. The van der Waals surface area contributed by atoms with E-state index in [1.165, 1.54) is 6.07 Å². The van der Waals surface area contributed by atoms with Crippen LogP contribution in [0.1, 0.15) is 60.5 Å². The molecular weight excluding hydrogens is 394 g/mol. The molecule has 164 valence electrons. The van der Waals surface area contributed by atoms with Crippen molar-refractivity contribution < 1.29 is 24.6 Å². The number of aromatic hydroxyl groups is 2. The van der Waals surface area contributed by atoms with Crippen LogP contribution in [0.15, 0.2) is 59.8 Å². The summed E-state index contributed by atoms with van der Waals surface area (Å²) in [6.45, 7) is 2.15. The maximum absolute atomic E-state index is 12.8. The van der Waals surface area contributed by atoms with Crippen LogP contribution in [0.25, 0.3) is 0 Å². The Morgan fingerprint density at radius 3 is 2.74 bits per heavy atom. The van der Waals surface area contributed by atoms with E-state index in [4.69, 9.17) is 9.57 Å². The molecule has 0 saturated carbocycles. The number of esters is 1. The molecule has 31 heavy (non-hydrogen) atoms. The molecule has 0 aliphatic carbocycles. The van der Waals surface area contributed by atoms with Crippen LogP contribution in [0.4, 0.5) is 0 Å². The van der Waals surface area contributed by atoms with Crippen LogP contribution < -0.4 is 0 Å². The molecule has 0 saturated heterocycles. The molecule has 3 rings (SSSR count). The van der Waals surface area contributed by atoms with Gasteiger partial charge >= 0.3 is 5.97 Å². The van der Waals surface area contributed by atoms with Crippen molar-refractivity contribution in [1.82, 2.24) is 0 Å². The van der Waals surface area contributed by atoms with Crippen LogP contribution in [0.2, 0.25) is 0 Å². The lowest BCUT2D eigenvalue weighted by atomic mass is 9.97. The number of hydrogen-bond acceptors (Lipinski definition) is 6. The Hall–Kier alpha value is -3.28. The molecule has 2 aromatic carbocycles. The van der Waals surface area contributed by atoms with Crippen molar-refractivity contribution in [3.05, 3.63) is 71.3 Å². The summed E-state index contributed by atoms with van der Waals surface area (Å²) in [4.78, 5) is 18.3. The molecule has 1 atom stereocenters. The largest absolute Gasteiger partial charge is 0.508 e. The predicted octanol–water partition coefficient (Wildman–Crippen LogP) is 5.28. The summed E-state index contributed by atoms with van der Waals surface area (Å²) in [7, 11) is 0. The molecule has 1 aliphatic rings. The second kappa shape index (κ2) is 11.2. The van der Waals surface area contributed by atoms with E-state index in [1.54, 1.807) is 0 Å². The Bertz CT molecular complexity index is 936. The minimum absolute atomic E-state index is 0.0569. The van der Waals surface area contributed by atoms with Gasteiger partial charge in [0.25, 0.3) is 0 Å². The van der Waals surface area contributed by atoms with Gasteiger partial charge in [-0.3, -0.25) is 0 Å². The number of oxime groups is 1. The molecule has 1 unspecified atom stereocenters. The van der Waals surface area contributed by atoms with Crippen molar-refractivity contribution >= 4 is 11.7 Å². The van der Waals surface area contributed by atoms with Crippen LogP contribution in [0.3, 0.4) is 0 Å². The first-order valence-electron chi connectivity index (χ1n) is 10.7. The molecule has 1 aliphatic heterocycles. The molecule has 0 aromatic heterocycles. The Morgan fingerprint density at radius 2 is 1.94 bits per heavy atom. The Kier molecular flexibility index (Phi) is 8.10. The van der Waals surface area contributed by atoms with E-state index < -0.39 is 5.97 Å². The highest BCUT2D eigenvalue weighted by Gasteiger charge is 2.22. The van der Waals surface area contributed by atoms with Crippen molar-refractivity contribution in [3.63, 3.8) is 0 Å². The van der Waals surface area contributed by atoms with Gasteiger partial charge in [0, 0.05) is 18.9 Å². The predicted molar refractivity (Wildman–Crippen MR) is 119 cm³/mol. The fourth-order valence-electron chi connectivity index (χ4n) is 3.49.